The minimum atomic E-state index is 0.313. The first-order valence-corrected chi connectivity index (χ1v) is 7.59. The highest BCUT2D eigenvalue weighted by molar-refractivity contribution is 14.1. The summed E-state index contributed by atoms with van der Waals surface area (Å²) in [6.45, 7) is 0.677. The third-order valence-electron chi connectivity index (χ3n) is 3.53. The number of rotatable bonds is 4. The Bertz CT molecular complexity index is 348. The van der Waals surface area contributed by atoms with E-state index in [1.165, 1.54) is 41.2 Å². The summed E-state index contributed by atoms with van der Waals surface area (Å²) in [5.41, 5.74) is 7.23. The monoisotopic (exact) mass is 344 g/mol. The van der Waals surface area contributed by atoms with E-state index in [1.54, 1.807) is 0 Å². The van der Waals surface area contributed by atoms with Gasteiger partial charge in [0.25, 0.3) is 0 Å². The molecule has 1 atom stereocenters. The van der Waals surface area contributed by atoms with Crippen molar-refractivity contribution in [3.63, 3.8) is 0 Å². The molecule has 1 saturated carbocycles. The van der Waals surface area contributed by atoms with Gasteiger partial charge in [0.05, 0.1) is 0 Å². The number of nitrogens with one attached hydrogen (secondary N) is 1. The highest BCUT2D eigenvalue weighted by Crippen LogP contribution is 2.22. The molecule has 0 aromatic heterocycles. The molecule has 1 fully saturated rings. The summed E-state index contributed by atoms with van der Waals surface area (Å²) < 4.78 is 1.28. The number of halogens is 1. The first-order chi connectivity index (χ1) is 8.29. The molecule has 0 bridgehead atoms. The second-order valence-electron chi connectivity index (χ2n) is 4.84. The molecular formula is C14H21IN2. The highest BCUT2D eigenvalue weighted by atomic mass is 127. The molecule has 0 saturated heterocycles. The van der Waals surface area contributed by atoms with Crippen molar-refractivity contribution in [1.82, 2.24) is 5.32 Å². The molecule has 0 heterocycles. The van der Waals surface area contributed by atoms with E-state index in [0.29, 0.717) is 18.6 Å². The maximum atomic E-state index is 5.91. The van der Waals surface area contributed by atoms with Gasteiger partial charge in [0.1, 0.15) is 0 Å². The minimum absolute atomic E-state index is 0.313. The summed E-state index contributed by atoms with van der Waals surface area (Å²) in [7, 11) is 0. The maximum Gasteiger partial charge on any atom is 0.0447 e. The lowest BCUT2D eigenvalue weighted by Gasteiger charge is -2.28. The SMILES string of the molecule is NCC(NC1CCCCC1)c1cccc(I)c1. The van der Waals surface area contributed by atoms with Crippen molar-refractivity contribution >= 4 is 22.6 Å². The van der Waals surface area contributed by atoms with Crippen LogP contribution in [0, 0.1) is 3.57 Å². The summed E-state index contributed by atoms with van der Waals surface area (Å²) >= 11 is 2.36. The molecular weight excluding hydrogens is 323 g/mol. The van der Waals surface area contributed by atoms with Crippen LogP contribution in [-0.4, -0.2) is 12.6 Å². The van der Waals surface area contributed by atoms with Gasteiger partial charge in [-0.05, 0) is 53.1 Å². The molecule has 3 heteroatoms. The van der Waals surface area contributed by atoms with Gasteiger partial charge in [-0.25, -0.2) is 0 Å². The molecule has 0 radical (unpaired) electrons. The van der Waals surface area contributed by atoms with Crippen molar-refractivity contribution in [1.29, 1.82) is 0 Å². The number of nitrogens with two attached hydrogens (primary N) is 1. The number of hydrogen-bond donors (Lipinski definition) is 2. The molecule has 1 aliphatic rings. The minimum Gasteiger partial charge on any atom is -0.329 e. The Morgan fingerprint density at radius 1 is 1.29 bits per heavy atom. The topological polar surface area (TPSA) is 38.0 Å². The van der Waals surface area contributed by atoms with Gasteiger partial charge < -0.3 is 11.1 Å². The second kappa shape index (κ2) is 6.71. The fourth-order valence-corrected chi connectivity index (χ4v) is 3.14. The van der Waals surface area contributed by atoms with Gasteiger partial charge in [-0.15, -0.1) is 0 Å². The van der Waals surface area contributed by atoms with Crippen molar-refractivity contribution in [2.24, 2.45) is 5.73 Å². The Labute approximate surface area is 117 Å². The van der Waals surface area contributed by atoms with E-state index in [9.17, 15) is 0 Å². The molecule has 1 unspecified atom stereocenters. The van der Waals surface area contributed by atoms with Crippen LogP contribution in [0.15, 0.2) is 24.3 Å². The van der Waals surface area contributed by atoms with Gasteiger partial charge in [0.2, 0.25) is 0 Å². The largest absolute Gasteiger partial charge is 0.329 e. The van der Waals surface area contributed by atoms with Gasteiger partial charge in [-0.3, -0.25) is 0 Å². The van der Waals surface area contributed by atoms with Crippen LogP contribution in [0.1, 0.15) is 43.7 Å². The van der Waals surface area contributed by atoms with E-state index in [-0.39, 0.29) is 0 Å². The molecule has 0 spiro atoms. The van der Waals surface area contributed by atoms with Gasteiger partial charge in [0, 0.05) is 22.2 Å². The van der Waals surface area contributed by atoms with Crippen LogP contribution in [0.4, 0.5) is 0 Å². The lowest BCUT2D eigenvalue weighted by atomic mass is 9.94. The molecule has 0 aliphatic heterocycles. The lowest BCUT2D eigenvalue weighted by molar-refractivity contribution is 0.340. The van der Waals surface area contributed by atoms with E-state index in [2.05, 4.69) is 52.2 Å². The fourth-order valence-electron chi connectivity index (χ4n) is 2.58. The van der Waals surface area contributed by atoms with Crippen molar-refractivity contribution in [3.05, 3.63) is 33.4 Å². The Balaban J connectivity index is 2.00. The van der Waals surface area contributed by atoms with Crippen LogP contribution in [0.2, 0.25) is 0 Å². The van der Waals surface area contributed by atoms with Crippen LogP contribution in [0.5, 0.6) is 0 Å². The fraction of sp³-hybridized carbons (Fsp3) is 0.571. The van der Waals surface area contributed by atoms with Crippen LogP contribution in [0.3, 0.4) is 0 Å². The Kier molecular flexibility index (Phi) is 5.25. The molecule has 1 aliphatic carbocycles. The predicted molar refractivity (Wildman–Crippen MR) is 81.0 cm³/mol. The molecule has 1 aromatic rings. The molecule has 3 N–H and O–H groups in total. The lowest BCUT2D eigenvalue weighted by Crippen LogP contribution is -2.37. The average molecular weight is 344 g/mol. The van der Waals surface area contributed by atoms with Gasteiger partial charge in [-0.1, -0.05) is 31.4 Å². The Morgan fingerprint density at radius 2 is 2.06 bits per heavy atom. The number of benzene rings is 1. The Morgan fingerprint density at radius 3 is 2.71 bits per heavy atom. The normalized spacial score (nSPS) is 19.2. The summed E-state index contributed by atoms with van der Waals surface area (Å²) in [6.07, 6.45) is 6.73. The highest BCUT2D eigenvalue weighted by Gasteiger charge is 2.18. The van der Waals surface area contributed by atoms with E-state index < -0.39 is 0 Å². The Hall–Kier alpha value is -0.130. The third kappa shape index (κ3) is 3.93. The smallest absolute Gasteiger partial charge is 0.0447 e. The zero-order valence-corrected chi connectivity index (χ0v) is 12.3. The van der Waals surface area contributed by atoms with Crippen molar-refractivity contribution in [2.75, 3.05) is 6.54 Å². The summed E-state index contributed by atoms with van der Waals surface area (Å²) in [6, 6.07) is 9.62. The zero-order valence-electron chi connectivity index (χ0n) is 10.2. The quantitative estimate of drug-likeness (QED) is 0.824. The van der Waals surface area contributed by atoms with Gasteiger partial charge >= 0.3 is 0 Å². The standard InChI is InChI=1S/C14H21IN2/c15-12-6-4-5-11(9-12)14(10-16)17-13-7-2-1-3-8-13/h4-6,9,13-14,17H,1-3,7-8,10,16H2. The maximum absolute atomic E-state index is 5.91. The first-order valence-electron chi connectivity index (χ1n) is 6.51. The van der Waals surface area contributed by atoms with E-state index in [4.69, 9.17) is 5.73 Å². The van der Waals surface area contributed by atoms with E-state index in [0.717, 1.165) is 0 Å². The van der Waals surface area contributed by atoms with E-state index >= 15 is 0 Å². The second-order valence-corrected chi connectivity index (χ2v) is 6.09. The molecule has 17 heavy (non-hydrogen) atoms. The van der Waals surface area contributed by atoms with Crippen LogP contribution < -0.4 is 11.1 Å². The molecule has 0 amide bonds. The summed E-state index contributed by atoms with van der Waals surface area (Å²) in [5, 5.41) is 3.72. The number of hydrogen-bond acceptors (Lipinski definition) is 2. The molecule has 2 rings (SSSR count). The van der Waals surface area contributed by atoms with Crippen molar-refractivity contribution < 1.29 is 0 Å². The van der Waals surface area contributed by atoms with Gasteiger partial charge in [0.15, 0.2) is 0 Å². The van der Waals surface area contributed by atoms with Crippen LogP contribution >= 0.6 is 22.6 Å². The van der Waals surface area contributed by atoms with Crippen molar-refractivity contribution in [3.8, 4) is 0 Å². The van der Waals surface area contributed by atoms with Crippen LogP contribution in [0.25, 0.3) is 0 Å². The predicted octanol–water partition coefficient (Wildman–Crippen LogP) is 3.21. The first kappa shape index (κ1) is 13.3. The summed E-state index contributed by atoms with van der Waals surface area (Å²) in [5.74, 6) is 0. The van der Waals surface area contributed by atoms with E-state index in [1.807, 2.05) is 0 Å². The third-order valence-corrected chi connectivity index (χ3v) is 4.20. The van der Waals surface area contributed by atoms with Gasteiger partial charge in [-0.2, -0.15) is 0 Å². The molecule has 1 aromatic carbocycles. The zero-order chi connectivity index (χ0) is 12.1. The average Bonchev–Trinajstić information content (AvgIpc) is 2.37. The molecule has 2 nitrogen and oxygen atoms in total. The van der Waals surface area contributed by atoms with Crippen molar-refractivity contribution in [2.45, 2.75) is 44.2 Å². The molecule has 94 valence electrons. The summed E-state index contributed by atoms with van der Waals surface area (Å²) in [4.78, 5) is 0. The van der Waals surface area contributed by atoms with Crippen LogP contribution in [-0.2, 0) is 0 Å².